The molecule has 0 fully saturated rings. The van der Waals surface area contributed by atoms with E-state index in [-0.39, 0.29) is 0 Å². The maximum Gasteiger partial charge on any atom is 0.0498 e. The molecule has 126 valence electrons. The summed E-state index contributed by atoms with van der Waals surface area (Å²) in [6.45, 7) is 19.2. The quantitative estimate of drug-likeness (QED) is 0.546. The lowest BCUT2D eigenvalue weighted by Crippen LogP contribution is -2.22. The molecule has 1 unspecified atom stereocenters. The van der Waals surface area contributed by atoms with Gasteiger partial charge in [-0.15, -0.1) is 0 Å². The van der Waals surface area contributed by atoms with Gasteiger partial charge in [0.15, 0.2) is 0 Å². The summed E-state index contributed by atoms with van der Waals surface area (Å²) in [5.41, 5.74) is 3.10. The van der Waals surface area contributed by atoms with Crippen LogP contribution in [0.4, 0.5) is 0 Å². The van der Waals surface area contributed by atoms with Crippen LogP contribution in [0, 0.1) is 5.92 Å². The second-order valence-electron chi connectivity index (χ2n) is 5.04. The summed E-state index contributed by atoms with van der Waals surface area (Å²) in [5, 5.41) is 0. The summed E-state index contributed by atoms with van der Waals surface area (Å²) in [4.78, 5) is 10.9. The van der Waals surface area contributed by atoms with Crippen molar-refractivity contribution >= 4 is 11.9 Å². The van der Waals surface area contributed by atoms with Gasteiger partial charge in [0.25, 0.3) is 0 Å². The average molecular weight is 306 g/mol. The van der Waals surface area contributed by atoms with Crippen LogP contribution in [0.25, 0.3) is 0 Å². The number of hydrogen-bond acceptors (Lipinski definition) is 3. The van der Waals surface area contributed by atoms with Crippen molar-refractivity contribution < 1.29 is 0 Å². The number of nitrogens with zero attached hydrogens (tertiary/aromatic N) is 3. The van der Waals surface area contributed by atoms with Gasteiger partial charge in [-0.2, -0.15) is 0 Å². The molecule has 0 aromatic rings. The minimum atomic E-state index is 0.468. The topological polar surface area (TPSA) is 28.0 Å². The molecule has 0 aliphatic heterocycles. The van der Waals surface area contributed by atoms with Crippen LogP contribution in [0.1, 0.15) is 54.9 Å². The molecule has 3 nitrogen and oxygen atoms in total. The van der Waals surface area contributed by atoms with E-state index in [2.05, 4.69) is 35.3 Å². The first-order valence-electron chi connectivity index (χ1n) is 8.14. The van der Waals surface area contributed by atoms with Crippen molar-refractivity contribution in [1.29, 1.82) is 0 Å². The molecule has 0 aliphatic carbocycles. The Labute approximate surface area is 138 Å². The zero-order valence-electron chi connectivity index (χ0n) is 15.8. The molecule has 0 bridgehead atoms. The van der Waals surface area contributed by atoms with Crippen molar-refractivity contribution in [2.75, 3.05) is 13.6 Å². The van der Waals surface area contributed by atoms with Gasteiger partial charge >= 0.3 is 0 Å². The molecular formula is C19H35N3. The lowest BCUT2D eigenvalue weighted by atomic mass is 10.0. The van der Waals surface area contributed by atoms with Crippen molar-refractivity contribution in [2.45, 2.75) is 54.9 Å². The fourth-order valence-corrected chi connectivity index (χ4v) is 1.41. The molecule has 0 saturated carbocycles. The van der Waals surface area contributed by atoms with Gasteiger partial charge in [-0.3, -0.25) is 9.98 Å². The van der Waals surface area contributed by atoms with E-state index < -0.39 is 0 Å². The van der Waals surface area contributed by atoms with Crippen molar-refractivity contribution in [3.8, 4) is 0 Å². The fraction of sp³-hybridized carbons (Fsp3) is 0.579. The third-order valence-electron chi connectivity index (χ3n) is 3.36. The van der Waals surface area contributed by atoms with Crippen LogP contribution in [-0.2, 0) is 0 Å². The minimum Gasteiger partial charge on any atom is -0.374 e. The number of hydrogen-bond donors (Lipinski definition) is 0. The molecule has 0 heterocycles. The van der Waals surface area contributed by atoms with Crippen LogP contribution >= 0.6 is 0 Å². The summed E-state index contributed by atoms with van der Waals surface area (Å²) in [6, 6.07) is 0. The molecule has 0 aromatic carbocycles. The minimum absolute atomic E-state index is 0.468. The lowest BCUT2D eigenvalue weighted by Gasteiger charge is -2.21. The van der Waals surface area contributed by atoms with E-state index in [1.165, 1.54) is 5.71 Å². The average Bonchev–Trinajstić information content (AvgIpc) is 2.55. The fourth-order valence-electron chi connectivity index (χ4n) is 1.41. The standard InChI is InChI=1S/C17H29N3.C2H6/c1-8-11-18-17(6)14(3)10-12-20(7)16(5)13-19-15(4)9-2;1-2/h8-9,11,13-14H,5,10,12H2,1-4,6-7H3;1-2H3/b11-8-,15-9+,18-17?,19-13?;. The summed E-state index contributed by atoms with van der Waals surface area (Å²) in [6.07, 6.45) is 8.65. The van der Waals surface area contributed by atoms with Gasteiger partial charge in [0, 0.05) is 43.1 Å². The molecule has 0 N–H and O–H groups in total. The molecule has 0 aromatic heterocycles. The summed E-state index contributed by atoms with van der Waals surface area (Å²) in [7, 11) is 2.05. The van der Waals surface area contributed by atoms with Gasteiger partial charge in [0.1, 0.15) is 0 Å². The zero-order chi connectivity index (χ0) is 17.5. The SMILES string of the molecule is C=C(C=N/C(C)=C/C)N(C)CCC(C)C(C)=N/C=C\C.CC. The van der Waals surface area contributed by atoms with Crippen LogP contribution in [0.5, 0.6) is 0 Å². The monoisotopic (exact) mass is 305 g/mol. The van der Waals surface area contributed by atoms with E-state index in [0.29, 0.717) is 5.92 Å². The van der Waals surface area contributed by atoms with E-state index in [9.17, 15) is 0 Å². The Balaban J connectivity index is 0. The van der Waals surface area contributed by atoms with Crippen LogP contribution in [0.3, 0.4) is 0 Å². The predicted molar refractivity (Wildman–Crippen MR) is 103 cm³/mol. The Morgan fingerprint density at radius 3 is 2.32 bits per heavy atom. The highest BCUT2D eigenvalue weighted by molar-refractivity contribution is 5.84. The van der Waals surface area contributed by atoms with Gasteiger partial charge in [-0.1, -0.05) is 39.5 Å². The number of rotatable bonds is 8. The Morgan fingerprint density at radius 2 is 1.82 bits per heavy atom. The molecule has 22 heavy (non-hydrogen) atoms. The normalized spacial score (nSPS) is 14.0. The van der Waals surface area contributed by atoms with Gasteiger partial charge in [-0.25, -0.2) is 0 Å². The van der Waals surface area contributed by atoms with Crippen LogP contribution in [0.15, 0.2) is 46.3 Å². The highest BCUT2D eigenvalue weighted by atomic mass is 15.1. The smallest absolute Gasteiger partial charge is 0.0498 e. The molecule has 0 radical (unpaired) electrons. The van der Waals surface area contributed by atoms with Crippen LogP contribution in [0.2, 0.25) is 0 Å². The zero-order valence-corrected chi connectivity index (χ0v) is 15.8. The van der Waals surface area contributed by atoms with Gasteiger partial charge < -0.3 is 4.90 Å². The third-order valence-corrected chi connectivity index (χ3v) is 3.36. The second-order valence-corrected chi connectivity index (χ2v) is 5.04. The van der Waals surface area contributed by atoms with Gasteiger partial charge in [0.05, 0.1) is 0 Å². The molecule has 0 rings (SSSR count). The molecule has 3 heteroatoms. The van der Waals surface area contributed by atoms with Crippen LogP contribution < -0.4 is 0 Å². The van der Waals surface area contributed by atoms with Gasteiger partial charge in [-0.05, 0) is 40.0 Å². The number of aliphatic imine (C=N–C) groups is 2. The van der Waals surface area contributed by atoms with E-state index in [4.69, 9.17) is 0 Å². The maximum atomic E-state index is 4.40. The van der Waals surface area contributed by atoms with E-state index >= 15 is 0 Å². The van der Waals surface area contributed by atoms with Crippen molar-refractivity contribution in [1.82, 2.24) is 4.90 Å². The highest BCUT2D eigenvalue weighted by Gasteiger charge is 2.07. The van der Waals surface area contributed by atoms with Crippen molar-refractivity contribution in [2.24, 2.45) is 15.9 Å². The summed E-state index contributed by atoms with van der Waals surface area (Å²) < 4.78 is 0. The molecule has 0 amide bonds. The second kappa shape index (κ2) is 14.3. The third kappa shape index (κ3) is 11.1. The molecule has 0 saturated heterocycles. The largest absolute Gasteiger partial charge is 0.374 e. The Bertz CT molecular complexity index is 414. The highest BCUT2D eigenvalue weighted by Crippen LogP contribution is 2.08. The number of allylic oxidation sites excluding steroid dienone is 4. The molecule has 0 aliphatic rings. The Hall–Kier alpha value is -1.64. The van der Waals surface area contributed by atoms with E-state index in [0.717, 1.165) is 24.4 Å². The van der Waals surface area contributed by atoms with Crippen molar-refractivity contribution in [3.05, 3.63) is 36.3 Å². The first kappa shape index (κ1) is 22.6. The Kier molecular flexibility index (Phi) is 14.7. The predicted octanol–water partition coefficient (Wildman–Crippen LogP) is 5.47. The van der Waals surface area contributed by atoms with E-state index in [1.807, 2.05) is 66.2 Å². The summed E-state index contributed by atoms with van der Waals surface area (Å²) >= 11 is 0. The molecular weight excluding hydrogens is 270 g/mol. The summed E-state index contributed by atoms with van der Waals surface area (Å²) in [5.74, 6) is 0.468. The van der Waals surface area contributed by atoms with Crippen molar-refractivity contribution in [3.63, 3.8) is 0 Å². The Morgan fingerprint density at radius 1 is 1.23 bits per heavy atom. The van der Waals surface area contributed by atoms with Crippen LogP contribution in [-0.4, -0.2) is 30.4 Å². The first-order valence-corrected chi connectivity index (χ1v) is 8.14. The van der Waals surface area contributed by atoms with Gasteiger partial charge in [0.2, 0.25) is 0 Å². The first-order chi connectivity index (χ1) is 10.4. The molecule has 0 spiro atoms. The van der Waals surface area contributed by atoms with E-state index in [1.54, 1.807) is 0 Å². The lowest BCUT2D eigenvalue weighted by molar-refractivity contribution is 0.411. The molecule has 1 atom stereocenters. The maximum absolute atomic E-state index is 4.40.